The van der Waals surface area contributed by atoms with E-state index >= 15 is 0 Å². The Morgan fingerprint density at radius 3 is 2.39 bits per heavy atom. The van der Waals surface area contributed by atoms with E-state index in [4.69, 9.17) is 43.7 Å². The molecule has 15 heteroatoms. The fraction of sp³-hybridized carbons (Fsp3) is 0.192. The number of carbonyl (C=O) groups excluding carboxylic acids is 3. The largest absolute Gasteiger partial charge is 0.497 e. The van der Waals surface area contributed by atoms with Crippen molar-refractivity contribution in [1.82, 2.24) is 10.2 Å². The number of benzene rings is 2. The Hall–Kier alpha value is -4.93. The number of hydrogen-bond acceptors (Lipinski definition) is 11. The molecule has 0 spiro atoms. The number of aromatic nitrogens is 2. The third-order valence-electron chi connectivity index (χ3n) is 5.95. The van der Waals surface area contributed by atoms with Crippen LogP contribution in [0, 0.1) is 11.3 Å². The van der Waals surface area contributed by atoms with Crippen LogP contribution in [0.5, 0.6) is 17.4 Å². The molecule has 2 heterocycles. The predicted octanol–water partition coefficient (Wildman–Crippen LogP) is 4.32. The van der Waals surface area contributed by atoms with E-state index in [1.807, 2.05) is 24.3 Å². The minimum atomic E-state index is -1.39. The Bertz CT molecular complexity index is 1600. The normalized spacial score (nSPS) is 13.7. The van der Waals surface area contributed by atoms with Gasteiger partial charge in [0.1, 0.15) is 11.8 Å². The molecule has 0 aliphatic carbocycles. The number of esters is 1. The summed E-state index contributed by atoms with van der Waals surface area (Å²) < 4.78 is 15.1. The zero-order valence-electron chi connectivity index (χ0n) is 21.8. The van der Waals surface area contributed by atoms with Crippen molar-refractivity contribution in [1.29, 1.82) is 5.26 Å². The highest BCUT2D eigenvalue weighted by molar-refractivity contribution is 6.44. The molecule has 0 radical (unpaired) electrons. The van der Waals surface area contributed by atoms with Crippen LogP contribution in [0.3, 0.4) is 0 Å². The molecule has 3 aromatic rings. The van der Waals surface area contributed by atoms with Crippen molar-refractivity contribution in [2.24, 2.45) is 10.8 Å². The van der Waals surface area contributed by atoms with Crippen molar-refractivity contribution >= 4 is 58.4 Å². The summed E-state index contributed by atoms with van der Waals surface area (Å²) in [6.45, 7) is 3.85. The topological polar surface area (TPSA) is 182 Å². The van der Waals surface area contributed by atoms with E-state index in [2.05, 4.69) is 25.5 Å². The van der Waals surface area contributed by atoms with Crippen LogP contribution in [-0.4, -0.2) is 41.0 Å². The second-order valence-corrected chi connectivity index (χ2v) is 9.86. The Labute approximate surface area is 243 Å². The molecule has 1 aromatic heterocycles. The van der Waals surface area contributed by atoms with Crippen LogP contribution in [0.4, 0.5) is 16.3 Å². The summed E-state index contributed by atoms with van der Waals surface area (Å²) in [6.07, 6.45) is -1.39. The number of halogens is 2. The lowest BCUT2D eigenvalue weighted by molar-refractivity contribution is -0.129. The molecule has 0 bridgehead atoms. The maximum absolute atomic E-state index is 13.3. The van der Waals surface area contributed by atoms with Crippen LogP contribution in [0.1, 0.15) is 25.0 Å². The molecule has 3 N–H and O–H groups in total. The van der Waals surface area contributed by atoms with Gasteiger partial charge in [0, 0.05) is 11.6 Å². The highest BCUT2D eigenvalue weighted by Crippen LogP contribution is 2.44. The summed E-state index contributed by atoms with van der Waals surface area (Å²) >= 11 is 12.7. The predicted molar refractivity (Wildman–Crippen MR) is 148 cm³/mol. The minimum Gasteiger partial charge on any atom is -0.497 e. The first kappa shape index (κ1) is 29.1. The summed E-state index contributed by atoms with van der Waals surface area (Å²) in [5.41, 5.74) is 7.15. The van der Waals surface area contributed by atoms with Gasteiger partial charge < -0.3 is 19.9 Å². The molecule has 0 unspecified atom stereocenters. The average molecular weight is 598 g/mol. The molecule has 0 fully saturated rings. The van der Waals surface area contributed by atoms with E-state index in [1.54, 1.807) is 31.9 Å². The Balaban J connectivity index is 1.55. The van der Waals surface area contributed by atoms with Crippen LogP contribution in [0.25, 0.3) is 0 Å². The van der Waals surface area contributed by atoms with Gasteiger partial charge in [-0.3, -0.25) is 15.1 Å². The SMILES string of the molecule is COc1ccc(CN2C(=O)C(C)(C)c3cc(Oc4c(Cl)cc(NN=C(C#N)C(=O)OC(N)=O)cc4Cl)nnc32)cc1. The van der Waals surface area contributed by atoms with Gasteiger partial charge in [-0.1, -0.05) is 35.3 Å². The van der Waals surface area contributed by atoms with E-state index in [0.717, 1.165) is 5.56 Å². The quantitative estimate of drug-likeness (QED) is 0.164. The van der Waals surface area contributed by atoms with Gasteiger partial charge in [0.25, 0.3) is 0 Å². The fourth-order valence-corrected chi connectivity index (χ4v) is 4.45. The number of hydrazone groups is 1. The number of nitriles is 1. The zero-order chi connectivity index (χ0) is 29.9. The van der Waals surface area contributed by atoms with Crippen molar-refractivity contribution in [2.45, 2.75) is 25.8 Å². The first-order valence-corrected chi connectivity index (χ1v) is 12.5. The fourth-order valence-electron chi connectivity index (χ4n) is 3.89. The van der Waals surface area contributed by atoms with Crippen molar-refractivity contribution in [3.63, 3.8) is 0 Å². The third-order valence-corrected chi connectivity index (χ3v) is 6.52. The second kappa shape index (κ2) is 11.7. The average Bonchev–Trinajstić information content (AvgIpc) is 3.11. The first-order valence-electron chi connectivity index (χ1n) is 11.7. The van der Waals surface area contributed by atoms with E-state index in [-0.39, 0.29) is 39.8 Å². The highest BCUT2D eigenvalue weighted by atomic mass is 35.5. The number of fused-ring (bicyclic) bond motifs is 1. The van der Waals surface area contributed by atoms with E-state index in [1.165, 1.54) is 18.2 Å². The van der Waals surface area contributed by atoms with Gasteiger partial charge in [0.15, 0.2) is 11.6 Å². The van der Waals surface area contributed by atoms with Crippen molar-refractivity contribution < 1.29 is 28.6 Å². The maximum atomic E-state index is 13.3. The number of anilines is 2. The van der Waals surface area contributed by atoms with Gasteiger partial charge in [-0.15, -0.1) is 10.2 Å². The number of primary amides is 1. The number of methoxy groups -OCH3 is 1. The van der Waals surface area contributed by atoms with E-state index < -0.39 is 23.2 Å². The molecular formula is C26H21Cl2N7O6. The Kier molecular flexibility index (Phi) is 8.27. The molecule has 13 nitrogen and oxygen atoms in total. The number of ether oxygens (including phenoxy) is 3. The monoisotopic (exact) mass is 597 g/mol. The van der Waals surface area contributed by atoms with Crippen molar-refractivity contribution in [3.05, 3.63) is 63.6 Å². The molecule has 1 aliphatic rings. The minimum absolute atomic E-state index is 0.0205. The van der Waals surface area contributed by atoms with Crippen LogP contribution in [-0.2, 0) is 26.3 Å². The van der Waals surface area contributed by atoms with Gasteiger partial charge in [-0.2, -0.15) is 10.4 Å². The molecule has 41 heavy (non-hydrogen) atoms. The summed E-state index contributed by atoms with van der Waals surface area (Å²) in [5.74, 6) is -0.320. The van der Waals surface area contributed by atoms with Crippen molar-refractivity contribution in [2.75, 3.05) is 17.4 Å². The number of hydrogen-bond donors (Lipinski definition) is 2. The second-order valence-electron chi connectivity index (χ2n) is 9.05. The molecule has 0 saturated carbocycles. The molecule has 1 aliphatic heterocycles. The maximum Gasteiger partial charge on any atom is 0.412 e. The van der Waals surface area contributed by atoms with Crippen LogP contribution in [0.15, 0.2) is 47.6 Å². The zero-order valence-corrected chi connectivity index (χ0v) is 23.3. The number of carbonyl (C=O) groups is 3. The van der Waals surface area contributed by atoms with Crippen LogP contribution in [0.2, 0.25) is 10.0 Å². The molecule has 0 atom stereocenters. The summed E-state index contributed by atoms with van der Waals surface area (Å²) in [5, 5.41) is 21.0. The van der Waals surface area contributed by atoms with E-state index in [0.29, 0.717) is 17.1 Å². The Morgan fingerprint density at radius 2 is 1.80 bits per heavy atom. The lowest BCUT2D eigenvalue weighted by atomic mass is 9.87. The molecule has 2 amide bonds. The molecular weight excluding hydrogens is 577 g/mol. The van der Waals surface area contributed by atoms with E-state index in [9.17, 15) is 14.4 Å². The summed E-state index contributed by atoms with van der Waals surface area (Å²) in [4.78, 5) is 37.2. The molecule has 210 valence electrons. The first-order chi connectivity index (χ1) is 19.4. The number of nitrogens with one attached hydrogen (secondary N) is 1. The third kappa shape index (κ3) is 6.13. The van der Waals surface area contributed by atoms with Gasteiger partial charge in [-0.25, -0.2) is 9.59 Å². The van der Waals surface area contributed by atoms with Crippen LogP contribution >= 0.6 is 23.2 Å². The standard InChI is InChI=1S/C26H21Cl2N7O6/c1-26(2)16-10-20(33-34-22(16)35(24(26)37)12-13-4-6-15(39-3)7-5-13)40-21-17(27)8-14(9-18(21)28)31-32-19(11-29)23(36)41-25(30)38/h4-10,31H,12H2,1-3H3,(H2,30,38). The van der Waals surface area contributed by atoms with Gasteiger partial charge in [0.2, 0.25) is 17.5 Å². The number of rotatable bonds is 8. The smallest absolute Gasteiger partial charge is 0.412 e. The van der Waals surface area contributed by atoms with Gasteiger partial charge >= 0.3 is 12.1 Å². The summed E-state index contributed by atoms with van der Waals surface area (Å²) in [6, 6.07) is 13.1. The number of nitrogens with two attached hydrogens (primary N) is 1. The number of amides is 2. The summed E-state index contributed by atoms with van der Waals surface area (Å²) in [7, 11) is 1.58. The molecule has 4 rings (SSSR count). The van der Waals surface area contributed by atoms with Crippen LogP contribution < -0.4 is 25.5 Å². The Morgan fingerprint density at radius 1 is 1.15 bits per heavy atom. The van der Waals surface area contributed by atoms with Gasteiger partial charge in [-0.05, 0) is 43.7 Å². The molecule has 2 aromatic carbocycles. The lowest BCUT2D eigenvalue weighted by Gasteiger charge is -2.19. The van der Waals surface area contributed by atoms with Crippen molar-refractivity contribution in [3.8, 4) is 23.4 Å². The van der Waals surface area contributed by atoms with Gasteiger partial charge in [0.05, 0.1) is 34.8 Å². The number of nitrogens with zero attached hydrogens (tertiary/aromatic N) is 5. The highest BCUT2D eigenvalue weighted by Gasteiger charge is 2.45. The lowest BCUT2D eigenvalue weighted by Crippen LogP contribution is -2.35. The molecule has 0 saturated heterocycles.